The standard InChI is InChI=1S/C13H26N2O3/c1-9(2)8-10(11(16)15(6)7)14-12(17)18-13(3,4)5/h9-10H,8H2,1-7H3,(H,14,17). The van der Waals surface area contributed by atoms with Crippen molar-refractivity contribution >= 4 is 12.0 Å². The van der Waals surface area contributed by atoms with E-state index in [1.54, 1.807) is 34.9 Å². The highest BCUT2D eigenvalue weighted by Gasteiger charge is 2.25. The lowest BCUT2D eigenvalue weighted by atomic mass is 10.0. The van der Waals surface area contributed by atoms with Gasteiger partial charge < -0.3 is 15.0 Å². The van der Waals surface area contributed by atoms with E-state index < -0.39 is 17.7 Å². The van der Waals surface area contributed by atoms with Crippen molar-refractivity contribution in [3.63, 3.8) is 0 Å². The molecule has 1 atom stereocenters. The lowest BCUT2D eigenvalue weighted by molar-refractivity contribution is -0.131. The number of rotatable bonds is 4. The van der Waals surface area contributed by atoms with Crippen molar-refractivity contribution in [1.82, 2.24) is 10.2 Å². The van der Waals surface area contributed by atoms with E-state index in [1.807, 2.05) is 13.8 Å². The van der Waals surface area contributed by atoms with E-state index >= 15 is 0 Å². The predicted octanol–water partition coefficient (Wildman–Crippen LogP) is 2.01. The van der Waals surface area contributed by atoms with Crippen LogP contribution in [0.5, 0.6) is 0 Å². The Labute approximate surface area is 110 Å². The van der Waals surface area contributed by atoms with E-state index in [-0.39, 0.29) is 5.91 Å². The van der Waals surface area contributed by atoms with Crippen LogP contribution in [-0.4, -0.2) is 42.6 Å². The van der Waals surface area contributed by atoms with Crippen LogP contribution in [0.25, 0.3) is 0 Å². The van der Waals surface area contributed by atoms with Crippen LogP contribution in [0.1, 0.15) is 41.0 Å². The molecule has 0 aromatic heterocycles. The number of carbonyl (C=O) groups excluding carboxylic acids is 2. The number of hydrogen-bond acceptors (Lipinski definition) is 3. The highest BCUT2D eigenvalue weighted by Crippen LogP contribution is 2.10. The number of ether oxygens (including phenoxy) is 1. The van der Waals surface area contributed by atoms with Gasteiger partial charge in [0.25, 0.3) is 0 Å². The van der Waals surface area contributed by atoms with Crippen LogP contribution in [0.3, 0.4) is 0 Å². The highest BCUT2D eigenvalue weighted by molar-refractivity contribution is 5.85. The lowest BCUT2D eigenvalue weighted by Crippen LogP contribution is -2.48. The molecule has 0 rings (SSSR count). The Balaban J connectivity index is 4.60. The zero-order valence-corrected chi connectivity index (χ0v) is 12.5. The fourth-order valence-electron chi connectivity index (χ4n) is 1.45. The van der Waals surface area contributed by atoms with Crippen LogP contribution >= 0.6 is 0 Å². The first kappa shape index (κ1) is 16.7. The fraction of sp³-hybridized carbons (Fsp3) is 0.846. The Hall–Kier alpha value is -1.26. The van der Waals surface area contributed by atoms with Crippen molar-refractivity contribution in [2.24, 2.45) is 5.92 Å². The zero-order chi connectivity index (χ0) is 14.5. The summed E-state index contributed by atoms with van der Waals surface area (Å²) in [5.74, 6) is 0.198. The second-order valence-corrected chi connectivity index (χ2v) is 6.06. The first-order valence-corrected chi connectivity index (χ1v) is 6.23. The van der Waals surface area contributed by atoms with Crippen LogP contribution in [0.15, 0.2) is 0 Å². The van der Waals surface area contributed by atoms with Crippen LogP contribution < -0.4 is 5.32 Å². The average molecular weight is 258 g/mol. The van der Waals surface area contributed by atoms with E-state index in [0.29, 0.717) is 12.3 Å². The summed E-state index contributed by atoms with van der Waals surface area (Å²) < 4.78 is 5.16. The number of nitrogens with zero attached hydrogens (tertiary/aromatic N) is 1. The molecule has 2 amide bonds. The molecule has 0 spiro atoms. The third kappa shape index (κ3) is 7.14. The molecule has 0 radical (unpaired) electrons. The topological polar surface area (TPSA) is 58.6 Å². The van der Waals surface area contributed by atoms with Gasteiger partial charge in [0, 0.05) is 14.1 Å². The van der Waals surface area contributed by atoms with Gasteiger partial charge in [-0.3, -0.25) is 4.79 Å². The SMILES string of the molecule is CC(C)CC(NC(=O)OC(C)(C)C)C(=O)N(C)C. The molecule has 1 unspecified atom stereocenters. The molecule has 0 bridgehead atoms. The Bertz CT molecular complexity index is 293. The van der Waals surface area contributed by atoms with E-state index in [9.17, 15) is 9.59 Å². The number of nitrogens with one attached hydrogen (secondary N) is 1. The number of carbonyl (C=O) groups is 2. The maximum atomic E-state index is 11.9. The number of likely N-dealkylation sites (N-methyl/N-ethyl adjacent to an activating group) is 1. The molecule has 0 aromatic carbocycles. The highest BCUT2D eigenvalue weighted by atomic mass is 16.6. The molecule has 0 heterocycles. The smallest absolute Gasteiger partial charge is 0.408 e. The lowest BCUT2D eigenvalue weighted by Gasteiger charge is -2.25. The maximum absolute atomic E-state index is 11.9. The molecule has 0 aliphatic carbocycles. The molecule has 106 valence electrons. The van der Waals surface area contributed by atoms with Crippen molar-refractivity contribution in [3.8, 4) is 0 Å². The van der Waals surface area contributed by atoms with E-state index in [4.69, 9.17) is 4.74 Å². The van der Waals surface area contributed by atoms with Crippen molar-refractivity contribution in [3.05, 3.63) is 0 Å². The van der Waals surface area contributed by atoms with Crippen molar-refractivity contribution in [1.29, 1.82) is 0 Å². The third-order valence-corrected chi connectivity index (χ3v) is 2.14. The first-order valence-electron chi connectivity index (χ1n) is 6.23. The maximum Gasteiger partial charge on any atom is 0.408 e. The molecule has 18 heavy (non-hydrogen) atoms. The average Bonchev–Trinajstić information content (AvgIpc) is 2.11. The molecular weight excluding hydrogens is 232 g/mol. The molecular formula is C13H26N2O3. The minimum atomic E-state index is -0.562. The van der Waals surface area contributed by atoms with Gasteiger partial charge in [-0.05, 0) is 33.1 Å². The van der Waals surface area contributed by atoms with Gasteiger partial charge in [-0.2, -0.15) is 0 Å². The number of hydrogen-bond donors (Lipinski definition) is 1. The summed E-state index contributed by atoms with van der Waals surface area (Å²) in [6.07, 6.45) is 0.0411. The first-order chi connectivity index (χ1) is 8.03. The zero-order valence-electron chi connectivity index (χ0n) is 12.5. The molecule has 0 aliphatic heterocycles. The van der Waals surface area contributed by atoms with Crippen molar-refractivity contribution in [2.75, 3.05) is 14.1 Å². The summed E-state index contributed by atoms with van der Waals surface area (Å²) in [5, 5.41) is 2.63. The predicted molar refractivity (Wildman–Crippen MR) is 71.3 cm³/mol. The summed E-state index contributed by atoms with van der Waals surface area (Å²) in [5.41, 5.74) is -0.562. The van der Waals surface area contributed by atoms with E-state index in [2.05, 4.69) is 5.32 Å². The third-order valence-electron chi connectivity index (χ3n) is 2.14. The molecule has 0 saturated heterocycles. The molecule has 0 aliphatic rings. The minimum absolute atomic E-state index is 0.116. The van der Waals surface area contributed by atoms with Crippen LogP contribution in [-0.2, 0) is 9.53 Å². The van der Waals surface area contributed by atoms with Gasteiger partial charge in [-0.25, -0.2) is 4.79 Å². The second-order valence-electron chi connectivity index (χ2n) is 6.06. The molecule has 0 aromatic rings. The Morgan fingerprint density at radius 1 is 1.22 bits per heavy atom. The summed E-state index contributed by atoms with van der Waals surface area (Å²) in [4.78, 5) is 25.1. The van der Waals surface area contributed by atoms with Crippen LogP contribution in [0.4, 0.5) is 4.79 Å². The molecule has 0 fully saturated rings. The summed E-state index contributed by atoms with van der Waals surface area (Å²) in [7, 11) is 3.35. The fourth-order valence-corrected chi connectivity index (χ4v) is 1.45. The summed E-state index contributed by atoms with van der Waals surface area (Å²) in [6, 6.07) is -0.533. The Morgan fingerprint density at radius 2 is 1.72 bits per heavy atom. The minimum Gasteiger partial charge on any atom is -0.444 e. The molecule has 0 saturated carbocycles. The normalized spacial score (nSPS) is 13.1. The monoisotopic (exact) mass is 258 g/mol. The quantitative estimate of drug-likeness (QED) is 0.839. The van der Waals surface area contributed by atoms with Gasteiger partial charge in [0.05, 0.1) is 0 Å². The molecule has 1 N–H and O–H groups in total. The van der Waals surface area contributed by atoms with Crippen LogP contribution in [0, 0.1) is 5.92 Å². The van der Waals surface area contributed by atoms with Crippen molar-refractivity contribution in [2.45, 2.75) is 52.7 Å². The Morgan fingerprint density at radius 3 is 2.06 bits per heavy atom. The molecule has 5 heteroatoms. The van der Waals surface area contributed by atoms with Gasteiger partial charge >= 0.3 is 6.09 Å². The summed E-state index contributed by atoms with van der Waals surface area (Å²) in [6.45, 7) is 9.38. The second kappa shape index (κ2) is 6.61. The number of alkyl carbamates (subject to hydrolysis) is 1. The van der Waals surface area contributed by atoms with Gasteiger partial charge in [0.2, 0.25) is 5.91 Å². The van der Waals surface area contributed by atoms with Crippen molar-refractivity contribution < 1.29 is 14.3 Å². The van der Waals surface area contributed by atoms with E-state index in [1.165, 1.54) is 4.90 Å². The molecule has 5 nitrogen and oxygen atoms in total. The van der Waals surface area contributed by atoms with Gasteiger partial charge in [-0.1, -0.05) is 13.8 Å². The van der Waals surface area contributed by atoms with Gasteiger partial charge in [0.1, 0.15) is 11.6 Å². The Kier molecular flexibility index (Phi) is 6.15. The van der Waals surface area contributed by atoms with E-state index in [0.717, 1.165) is 0 Å². The largest absolute Gasteiger partial charge is 0.444 e. The van der Waals surface area contributed by atoms with Crippen LogP contribution in [0.2, 0.25) is 0 Å². The number of amides is 2. The van der Waals surface area contributed by atoms with Gasteiger partial charge in [-0.15, -0.1) is 0 Å². The van der Waals surface area contributed by atoms with Gasteiger partial charge in [0.15, 0.2) is 0 Å². The summed E-state index contributed by atoms with van der Waals surface area (Å²) >= 11 is 0.